The van der Waals surface area contributed by atoms with Crippen molar-refractivity contribution in [2.45, 2.75) is 267 Å². The minimum Gasteiger partial charge on any atom is -0.507 e. The molecule has 4 aliphatic heterocycles. The third-order valence-corrected chi connectivity index (χ3v) is 32.9. The molecule has 22 atom stereocenters. The lowest BCUT2D eigenvalue weighted by Crippen LogP contribution is -2.81. The number of aliphatic hydroxyl groups excluding tert-OH is 4. The van der Waals surface area contributed by atoms with Gasteiger partial charge in [0.05, 0.1) is 35.3 Å². The van der Waals surface area contributed by atoms with Gasteiger partial charge in [0.1, 0.15) is 41.2 Å². The lowest BCUT2D eigenvalue weighted by atomic mass is 9.38. The molecule has 19 rings (SSSR count). The van der Waals surface area contributed by atoms with E-state index in [9.17, 15) is 45.3 Å². The maximum atomic E-state index is 14.0. The number of phenols is 2. The second kappa shape index (κ2) is 19.6. The van der Waals surface area contributed by atoms with E-state index < -0.39 is 76.6 Å². The van der Waals surface area contributed by atoms with Crippen LogP contribution < -0.4 is 15.6 Å². The molecule has 4 heterocycles. The van der Waals surface area contributed by atoms with Gasteiger partial charge in [-0.1, -0.05) is 31.8 Å². The number of rotatable bonds is 7. The van der Waals surface area contributed by atoms with Crippen molar-refractivity contribution in [2.24, 2.45) is 84.7 Å². The number of hydrogen-bond acceptors (Lipinski definition) is 14. The summed E-state index contributed by atoms with van der Waals surface area (Å²) in [4.78, 5) is 26.0. The van der Waals surface area contributed by atoms with E-state index in [4.69, 9.17) is 18.9 Å². The topological polar surface area (TPSA) is 237 Å². The van der Waals surface area contributed by atoms with E-state index in [-0.39, 0.29) is 86.3 Å². The number of carbonyl (C=O) groups is 2. The minimum atomic E-state index is -1.84. The lowest BCUT2D eigenvalue weighted by Gasteiger charge is -2.71. The Morgan fingerprint density at radius 2 is 1.54 bits per heavy atom. The third-order valence-electron chi connectivity index (χ3n) is 32.9. The second-order valence-electron chi connectivity index (χ2n) is 35.9. The Bertz CT molecular complexity index is 3570. The molecule has 0 amide bonds. The Balaban J connectivity index is 0.773. The van der Waals surface area contributed by atoms with Crippen LogP contribution >= 0.6 is 0 Å². The van der Waals surface area contributed by atoms with Crippen LogP contribution in [-0.2, 0) is 14.2 Å². The molecule has 15 nitrogen and oxygen atoms in total. The van der Waals surface area contributed by atoms with Crippen LogP contribution in [0.5, 0.6) is 17.2 Å². The highest BCUT2D eigenvalue weighted by molar-refractivity contribution is 6.11. The molecular weight excluding hydrogens is 1160 g/mol. The Hall–Kier alpha value is -3.64. The first-order chi connectivity index (χ1) is 44.2. The van der Waals surface area contributed by atoms with Crippen LogP contribution in [0, 0.1) is 91.7 Å². The van der Waals surface area contributed by atoms with Crippen molar-refractivity contribution in [2.75, 3.05) is 26.4 Å². The van der Waals surface area contributed by atoms with Crippen LogP contribution in [0.3, 0.4) is 0 Å². The zero-order chi connectivity index (χ0) is 62.8. The summed E-state index contributed by atoms with van der Waals surface area (Å²) in [7, 11) is 0. The molecule has 2 aromatic carbocycles. The van der Waals surface area contributed by atoms with Crippen molar-refractivity contribution in [3.8, 4) is 17.2 Å². The number of aromatic carboxylic acids is 1. The number of carboxylic acids is 1. The van der Waals surface area contributed by atoms with Crippen molar-refractivity contribution >= 4 is 22.5 Å². The van der Waals surface area contributed by atoms with Gasteiger partial charge in [-0.15, -0.1) is 0 Å². The quantitative estimate of drug-likeness (QED) is 0.0926. The molecule has 12 saturated carbocycles. The number of aliphatic hydroxyl groups is 4. The third kappa shape index (κ3) is 7.31. The highest BCUT2D eigenvalue weighted by Crippen LogP contribution is 2.88. The van der Waals surface area contributed by atoms with Gasteiger partial charge >= 0.3 is 5.97 Å². The number of phenolic OH excluding ortho intramolecular Hbond substituents is 2. The van der Waals surface area contributed by atoms with E-state index in [0.29, 0.717) is 54.1 Å². The Kier molecular flexibility index (Phi) is 12.7. The van der Waals surface area contributed by atoms with E-state index in [0.717, 1.165) is 68.6 Å². The van der Waals surface area contributed by atoms with E-state index in [1.807, 2.05) is 0 Å². The van der Waals surface area contributed by atoms with Crippen molar-refractivity contribution in [3.05, 3.63) is 51.6 Å². The van der Waals surface area contributed by atoms with Crippen LogP contribution in [0.15, 0.2) is 34.9 Å². The molecule has 92 heavy (non-hydrogen) atoms. The number of aromatic hydroxyl groups is 2. The number of nitrogens with one attached hydrogen (secondary N) is 2. The van der Waals surface area contributed by atoms with Gasteiger partial charge in [0.25, 0.3) is 0 Å². The fraction of sp³-hybridized carbons (Fsp3) is 0.792. The van der Waals surface area contributed by atoms with Crippen molar-refractivity contribution in [1.82, 2.24) is 10.9 Å². The number of hydrogen-bond donors (Lipinski definition) is 9. The molecule has 0 aromatic heterocycles. The van der Waals surface area contributed by atoms with Crippen LogP contribution in [0.1, 0.15) is 239 Å². The number of carbonyl (C=O) groups excluding carboxylic acids is 1. The summed E-state index contributed by atoms with van der Waals surface area (Å²) in [5.41, 5.74) is 10.2. The SMILES string of the molecule is CC(=O)c1c(C)c(O)c2cc(C(=O)O)cc(OC3OC(CO)C4(CC5C6=C(CC=C6C6(CCO)COCC7CC89CC5(NNC8CC5(C9)CC89CCCC8CCC8CCC%10CCCC%10%11CCC5(C%11)C89)C76)C5(CCCC6(CCC7(CCCC7)C6)C5)O4)C(O)C3O)c2c1O. The second-order valence-corrected chi connectivity index (χ2v) is 35.9. The van der Waals surface area contributed by atoms with Crippen LogP contribution in [0.4, 0.5) is 0 Å². The largest absolute Gasteiger partial charge is 0.507 e. The lowest BCUT2D eigenvalue weighted by molar-refractivity contribution is -0.349. The summed E-state index contributed by atoms with van der Waals surface area (Å²) < 4.78 is 29.3. The average Bonchev–Trinajstić information content (AvgIpc) is 1.43. The van der Waals surface area contributed by atoms with E-state index in [1.165, 1.54) is 178 Å². The smallest absolute Gasteiger partial charge is 0.335 e. The number of carboxylic acid groups (broad SMARTS) is 1. The molecular formula is C77H102N2O13. The summed E-state index contributed by atoms with van der Waals surface area (Å²) in [5.74, 6) is 0.173. The number of ketones is 1. The summed E-state index contributed by atoms with van der Waals surface area (Å²) in [6.07, 6.45) is 33.7. The normalized spacial score (nSPS) is 50.2. The first-order valence-corrected chi connectivity index (χ1v) is 37.2. The number of hydrazine groups is 1. The van der Waals surface area contributed by atoms with Gasteiger partial charge in [-0.05, 0) is 296 Å². The molecule has 0 radical (unpaired) electrons. The van der Waals surface area contributed by atoms with Crippen molar-refractivity contribution in [1.29, 1.82) is 0 Å². The summed E-state index contributed by atoms with van der Waals surface area (Å²) in [6.45, 7) is 3.32. The van der Waals surface area contributed by atoms with Gasteiger partial charge in [0, 0.05) is 47.1 Å². The van der Waals surface area contributed by atoms with Crippen molar-refractivity contribution < 1.29 is 64.3 Å². The predicted octanol–water partition coefficient (Wildman–Crippen LogP) is 12.1. The number of benzene rings is 2. The molecule has 17 aliphatic rings. The maximum absolute atomic E-state index is 14.0. The molecule has 2 aromatic rings. The standard InChI is InChI=1S/C77H102N2O13/c1-42-56(43(2)82)60(84)57-49(59(42)83)28-45(65(87)88)29-53(57)90-66-61(85)64(86)77(55(33-81)91-66)31-52-58-50(14-15-51(58)75(92-77)21-7-18-68(36-75)23-22-67(35-68)16-3-4-17-67)73(26-27-80)41-89-34-46-30-70-37-71(32-54(70)78-79-76(52,39-70)63(46)73)40-72-20-6-9-48(72)13-11-44-10-12-47-8-5-19-69(47)24-25-74(71,38-69)62(44)72/h14,28-29,44,46-48,52,54-55,61-64,66,78-81,83-86H,3-13,15-27,30-41H2,1-2H3,(H,87,88). The molecule has 15 fully saturated rings. The average molecular weight is 1260 g/mol. The molecule has 4 bridgehead atoms. The van der Waals surface area contributed by atoms with Crippen LogP contribution in [0.25, 0.3) is 10.8 Å². The summed E-state index contributed by atoms with van der Waals surface area (Å²) in [5, 5.41) is 85.1. The van der Waals surface area contributed by atoms with E-state index in [1.54, 1.807) is 0 Å². The number of Topliss-reactive ketones (excluding diaryl/α,β-unsaturated/α-hetero) is 1. The van der Waals surface area contributed by atoms with E-state index in [2.05, 4.69) is 16.9 Å². The van der Waals surface area contributed by atoms with Crippen LogP contribution in [-0.4, -0.2) is 121 Å². The summed E-state index contributed by atoms with van der Waals surface area (Å²) in [6, 6.07) is 2.64. The molecule has 9 N–H and O–H groups in total. The number of ether oxygens (including phenoxy) is 4. The predicted molar refractivity (Wildman–Crippen MR) is 341 cm³/mol. The van der Waals surface area contributed by atoms with Crippen LogP contribution in [0.2, 0.25) is 0 Å². The molecule has 13 aliphatic carbocycles. The first-order valence-electron chi connectivity index (χ1n) is 37.2. The van der Waals surface area contributed by atoms with Gasteiger partial charge in [-0.2, -0.15) is 0 Å². The highest BCUT2D eigenvalue weighted by Gasteiger charge is 2.83. The number of fused-ring (bicyclic) bond motifs is 3. The Morgan fingerprint density at radius 1 is 0.750 bits per heavy atom. The van der Waals surface area contributed by atoms with Gasteiger partial charge in [-0.25, -0.2) is 4.79 Å². The number of allylic oxidation sites excluding steroid dienone is 1. The van der Waals surface area contributed by atoms with E-state index >= 15 is 0 Å². The monoisotopic (exact) mass is 1260 g/mol. The summed E-state index contributed by atoms with van der Waals surface area (Å²) >= 11 is 0. The highest BCUT2D eigenvalue weighted by atomic mass is 16.7. The minimum absolute atomic E-state index is 0.0223. The molecule has 10 spiro atoms. The molecule has 498 valence electrons. The zero-order valence-electron chi connectivity index (χ0n) is 54.7. The van der Waals surface area contributed by atoms with Crippen molar-refractivity contribution in [3.63, 3.8) is 0 Å². The van der Waals surface area contributed by atoms with Gasteiger partial charge in [0.2, 0.25) is 6.29 Å². The molecule has 3 saturated heterocycles. The molecule has 15 heteroatoms. The fourth-order valence-corrected chi connectivity index (χ4v) is 30.7. The van der Waals surface area contributed by atoms with Gasteiger partial charge in [-0.3, -0.25) is 15.6 Å². The Labute approximate surface area is 541 Å². The molecule has 22 unspecified atom stereocenters. The van der Waals surface area contributed by atoms with Gasteiger partial charge in [0.15, 0.2) is 5.78 Å². The van der Waals surface area contributed by atoms with Gasteiger partial charge < -0.3 is 54.7 Å². The zero-order valence-corrected chi connectivity index (χ0v) is 54.7. The Morgan fingerprint density at radius 3 is 2.35 bits per heavy atom. The maximum Gasteiger partial charge on any atom is 0.335 e. The fourth-order valence-electron chi connectivity index (χ4n) is 30.7. The first kappa shape index (κ1) is 59.6.